The van der Waals surface area contributed by atoms with Crippen molar-refractivity contribution in [2.45, 2.75) is 64.6 Å². The van der Waals surface area contributed by atoms with Crippen LogP contribution in [-0.2, 0) is 32.1 Å². The van der Waals surface area contributed by atoms with E-state index in [0.717, 1.165) is 5.56 Å². The van der Waals surface area contributed by atoms with E-state index in [1.54, 1.807) is 12.1 Å². The van der Waals surface area contributed by atoms with E-state index in [2.05, 4.69) is 5.32 Å². The molecule has 0 saturated carbocycles. The van der Waals surface area contributed by atoms with Gasteiger partial charge in [0.2, 0.25) is 23.6 Å². The molecule has 1 fully saturated rings. The molecule has 2 aromatic carbocycles. The highest BCUT2D eigenvalue weighted by atomic mass is 19.1. The summed E-state index contributed by atoms with van der Waals surface area (Å²) in [6.45, 7) is 5.65. The third-order valence-corrected chi connectivity index (χ3v) is 7.18. The molecule has 2 aromatic rings. The number of hydrogen-bond donors (Lipinski definition) is 1. The molecule has 1 aliphatic carbocycles. The smallest absolute Gasteiger partial charge is 0.243 e. The zero-order valence-electron chi connectivity index (χ0n) is 22.7. The third kappa shape index (κ3) is 6.99. The summed E-state index contributed by atoms with van der Waals surface area (Å²) in [4.78, 5) is 56.0. The number of fused-ring (bicyclic) bond motifs is 1. The predicted molar refractivity (Wildman–Crippen MR) is 145 cm³/mol. The Morgan fingerprint density at radius 3 is 2.10 bits per heavy atom. The average molecular weight is 534 g/mol. The van der Waals surface area contributed by atoms with Crippen LogP contribution in [0.5, 0.6) is 0 Å². The number of halogens is 1. The summed E-state index contributed by atoms with van der Waals surface area (Å²) in [7, 11) is 0. The van der Waals surface area contributed by atoms with Crippen molar-refractivity contribution >= 4 is 23.6 Å². The first-order valence-electron chi connectivity index (χ1n) is 13.4. The minimum Gasteiger partial charge on any atom is -0.350 e. The second-order valence-corrected chi connectivity index (χ2v) is 11.3. The molecule has 8 heteroatoms. The Hall–Kier alpha value is -3.81. The van der Waals surface area contributed by atoms with Crippen LogP contribution in [0.3, 0.4) is 0 Å². The first-order chi connectivity index (χ1) is 18.5. The van der Waals surface area contributed by atoms with Gasteiger partial charge >= 0.3 is 0 Å². The Bertz CT molecular complexity index is 1210. The maximum atomic E-state index is 13.8. The molecule has 0 radical (unpaired) electrons. The molecule has 1 heterocycles. The summed E-state index contributed by atoms with van der Waals surface area (Å²) in [6, 6.07) is 14.4. The molecule has 0 spiro atoms. The van der Waals surface area contributed by atoms with Gasteiger partial charge in [0.05, 0.1) is 11.8 Å². The molecule has 3 atom stereocenters. The van der Waals surface area contributed by atoms with Crippen molar-refractivity contribution in [3.8, 4) is 0 Å². The van der Waals surface area contributed by atoms with Crippen LogP contribution in [0.25, 0.3) is 0 Å². The van der Waals surface area contributed by atoms with Crippen molar-refractivity contribution in [3.05, 3.63) is 83.7 Å². The van der Waals surface area contributed by atoms with Crippen molar-refractivity contribution in [3.63, 3.8) is 0 Å². The number of imide groups is 1. The average Bonchev–Trinajstić information content (AvgIpc) is 3.14. The fourth-order valence-corrected chi connectivity index (χ4v) is 5.23. The van der Waals surface area contributed by atoms with Crippen LogP contribution in [0.4, 0.5) is 4.39 Å². The van der Waals surface area contributed by atoms with Gasteiger partial charge in [-0.2, -0.15) is 0 Å². The Morgan fingerprint density at radius 1 is 0.949 bits per heavy atom. The van der Waals surface area contributed by atoms with E-state index in [1.807, 2.05) is 63.3 Å². The Balaban J connectivity index is 1.60. The van der Waals surface area contributed by atoms with Crippen molar-refractivity contribution in [2.24, 2.45) is 11.8 Å². The first-order valence-corrected chi connectivity index (χ1v) is 13.4. The lowest BCUT2D eigenvalue weighted by Crippen LogP contribution is -2.54. The summed E-state index contributed by atoms with van der Waals surface area (Å²) in [5.41, 5.74) is 1.01. The number of nitrogens with one attached hydrogen (secondary N) is 1. The van der Waals surface area contributed by atoms with Gasteiger partial charge in [0.1, 0.15) is 11.9 Å². The molecular weight excluding hydrogens is 497 g/mol. The summed E-state index contributed by atoms with van der Waals surface area (Å²) in [6.07, 6.45) is 5.07. The van der Waals surface area contributed by atoms with Crippen LogP contribution < -0.4 is 5.32 Å². The fourth-order valence-electron chi connectivity index (χ4n) is 5.23. The van der Waals surface area contributed by atoms with Crippen molar-refractivity contribution < 1.29 is 23.6 Å². The summed E-state index contributed by atoms with van der Waals surface area (Å²) >= 11 is 0. The predicted octanol–water partition coefficient (Wildman–Crippen LogP) is 4.02. The van der Waals surface area contributed by atoms with E-state index < -0.39 is 17.4 Å². The Morgan fingerprint density at radius 2 is 1.54 bits per heavy atom. The van der Waals surface area contributed by atoms with E-state index in [1.165, 1.54) is 21.9 Å². The van der Waals surface area contributed by atoms with E-state index in [9.17, 15) is 23.6 Å². The molecule has 0 aromatic heterocycles. The minimum absolute atomic E-state index is 0.0393. The third-order valence-electron chi connectivity index (χ3n) is 7.18. The largest absolute Gasteiger partial charge is 0.350 e. The standard InChI is InChI=1S/C31H36FN3O4/c1-31(2,3)33-28(37)26(19-21-9-5-4-6-10-21)35(20-22-13-15-23(32)16-14-22)27(36)17-18-34-29(38)24-11-7-8-12-25(24)30(34)39/h4-10,13-16,24-26H,11-12,17-20H2,1-3H3,(H,33,37)/t24-,25+,26-/m1/s1. The molecule has 1 saturated heterocycles. The topological polar surface area (TPSA) is 86.8 Å². The van der Waals surface area contributed by atoms with Crippen LogP contribution in [0.2, 0.25) is 0 Å². The summed E-state index contributed by atoms with van der Waals surface area (Å²) in [5.74, 6) is -2.28. The van der Waals surface area contributed by atoms with Crippen LogP contribution in [-0.4, -0.2) is 51.6 Å². The lowest BCUT2D eigenvalue weighted by Gasteiger charge is -2.34. The zero-order chi connectivity index (χ0) is 28.2. The summed E-state index contributed by atoms with van der Waals surface area (Å²) in [5, 5.41) is 3.00. The number of carbonyl (C=O) groups is 4. The van der Waals surface area contributed by atoms with Gasteiger partial charge in [0.25, 0.3) is 0 Å². The summed E-state index contributed by atoms with van der Waals surface area (Å²) < 4.78 is 13.6. The number of allylic oxidation sites excluding steroid dienone is 2. The number of carbonyl (C=O) groups excluding carboxylic acids is 4. The van der Waals surface area contributed by atoms with Gasteiger partial charge in [0, 0.05) is 31.5 Å². The molecule has 7 nitrogen and oxygen atoms in total. The number of hydrogen-bond acceptors (Lipinski definition) is 4. The van der Waals surface area contributed by atoms with Gasteiger partial charge in [-0.25, -0.2) is 4.39 Å². The van der Waals surface area contributed by atoms with Crippen LogP contribution in [0.1, 0.15) is 51.2 Å². The van der Waals surface area contributed by atoms with Crippen molar-refractivity contribution in [2.75, 3.05) is 6.54 Å². The van der Waals surface area contributed by atoms with E-state index in [0.29, 0.717) is 18.4 Å². The van der Waals surface area contributed by atoms with Crippen molar-refractivity contribution in [1.82, 2.24) is 15.1 Å². The quantitative estimate of drug-likeness (QED) is 0.390. The maximum Gasteiger partial charge on any atom is 0.243 e. The second-order valence-electron chi connectivity index (χ2n) is 11.3. The monoisotopic (exact) mass is 533 g/mol. The van der Waals surface area contributed by atoms with Gasteiger partial charge in [-0.1, -0.05) is 54.6 Å². The van der Waals surface area contributed by atoms with Gasteiger partial charge in [-0.3, -0.25) is 24.1 Å². The normalized spacial score (nSPS) is 19.5. The molecule has 4 amide bonds. The highest BCUT2D eigenvalue weighted by Crippen LogP contribution is 2.35. The van der Waals surface area contributed by atoms with Crippen molar-refractivity contribution in [1.29, 1.82) is 0 Å². The highest BCUT2D eigenvalue weighted by molar-refractivity contribution is 6.05. The van der Waals surface area contributed by atoms with Gasteiger partial charge in [0.15, 0.2) is 0 Å². The van der Waals surface area contributed by atoms with Crippen LogP contribution in [0.15, 0.2) is 66.7 Å². The molecule has 2 aliphatic rings. The lowest BCUT2D eigenvalue weighted by atomic mass is 9.85. The molecule has 0 bridgehead atoms. The SMILES string of the molecule is CC(C)(C)NC(=O)[C@@H](Cc1ccccc1)N(Cc1ccc(F)cc1)C(=O)CCN1C(=O)[C@H]2CC=CC[C@H]2C1=O. The molecular formula is C31H36FN3O4. The van der Waals surface area contributed by atoms with Gasteiger partial charge < -0.3 is 10.2 Å². The lowest BCUT2D eigenvalue weighted by molar-refractivity contribution is -0.144. The zero-order valence-corrected chi connectivity index (χ0v) is 22.7. The molecule has 4 rings (SSSR count). The molecule has 206 valence electrons. The number of benzene rings is 2. The van der Waals surface area contributed by atoms with E-state index in [-0.39, 0.29) is 61.4 Å². The van der Waals surface area contributed by atoms with Crippen LogP contribution >= 0.6 is 0 Å². The first kappa shape index (κ1) is 28.2. The maximum absolute atomic E-state index is 13.8. The molecule has 39 heavy (non-hydrogen) atoms. The molecule has 1 N–H and O–H groups in total. The molecule has 0 unspecified atom stereocenters. The highest BCUT2D eigenvalue weighted by Gasteiger charge is 2.47. The fraction of sp³-hybridized carbons (Fsp3) is 0.419. The van der Waals surface area contributed by atoms with E-state index >= 15 is 0 Å². The minimum atomic E-state index is -0.860. The Kier molecular flexibility index (Phi) is 8.63. The Labute approximate surface area is 229 Å². The van der Waals surface area contributed by atoms with E-state index in [4.69, 9.17) is 0 Å². The number of likely N-dealkylation sites (tertiary alicyclic amines) is 1. The van der Waals surface area contributed by atoms with Crippen LogP contribution in [0, 0.1) is 17.7 Å². The molecule has 1 aliphatic heterocycles. The van der Waals surface area contributed by atoms with Gasteiger partial charge in [-0.15, -0.1) is 0 Å². The second kappa shape index (κ2) is 11.9. The number of rotatable bonds is 9. The van der Waals surface area contributed by atoms with Gasteiger partial charge in [-0.05, 0) is 56.9 Å². The number of nitrogens with zero attached hydrogens (tertiary/aromatic N) is 2. The number of amides is 4.